The molecule has 6 heteroatoms. The standard InChI is InChI=1S/C10H7N3O3/c11-13-12-5-1-2-7-6-8(10(15)16)3-4-9(7)14/h3-4,6,14H,5H2,(H,15,16). The molecule has 1 aromatic rings. The van der Waals surface area contributed by atoms with Gasteiger partial charge in [-0.1, -0.05) is 17.0 Å². The van der Waals surface area contributed by atoms with Crippen molar-refractivity contribution in [3.05, 3.63) is 39.8 Å². The van der Waals surface area contributed by atoms with Crippen LogP contribution >= 0.6 is 0 Å². The van der Waals surface area contributed by atoms with Crippen LogP contribution in [0.2, 0.25) is 0 Å². The molecule has 80 valence electrons. The number of nitrogens with zero attached hydrogens (tertiary/aromatic N) is 3. The molecule has 6 nitrogen and oxygen atoms in total. The van der Waals surface area contributed by atoms with E-state index in [-0.39, 0.29) is 23.4 Å². The maximum atomic E-state index is 10.6. The summed E-state index contributed by atoms with van der Waals surface area (Å²) < 4.78 is 0. The molecule has 0 aliphatic carbocycles. The number of azide groups is 1. The normalized spacial score (nSPS) is 8.50. The summed E-state index contributed by atoms with van der Waals surface area (Å²) in [6.45, 7) is -0.0345. The predicted molar refractivity (Wildman–Crippen MR) is 56.0 cm³/mol. The van der Waals surface area contributed by atoms with Crippen LogP contribution in [0.25, 0.3) is 10.4 Å². The number of hydrogen-bond acceptors (Lipinski definition) is 3. The van der Waals surface area contributed by atoms with E-state index in [4.69, 9.17) is 10.6 Å². The van der Waals surface area contributed by atoms with Crippen LogP contribution in [0.5, 0.6) is 5.75 Å². The quantitative estimate of drug-likeness (QED) is 0.341. The number of phenols is 1. The van der Waals surface area contributed by atoms with Crippen LogP contribution in [0.15, 0.2) is 23.3 Å². The van der Waals surface area contributed by atoms with E-state index in [2.05, 4.69) is 21.9 Å². The van der Waals surface area contributed by atoms with E-state index >= 15 is 0 Å². The van der Waals surface area contributed by atoms with E-state index in [1.165, 1.54) is 18.2 Å². The van der Waals surface area contributed by atoms with Crippen molar-refractivity contribution >= 4 is 5.97 Å². The molecule has 1 rings (SSSR count). The summed E-state index contributed by atoms with van der Waals surface area (Å²) in [5, 5.41) is 21.3. The van der Waals surface area contributed by atoms with Crippen LogP contribution in [-0.4, -0.2) is 22.7 Å². The molecule has 0 saturated heterocycles. The van der Waals surface area contributed by atoms with Crippen molar-refractivity contribution in [3.63, 3.8) is 0 Å². The van der Waals surface area contributed by atoms with E-state index < -0.39 is 5.97 Å². The molecule has 0 bridgehead atoms. The van der Waals surface area contributed by atoms with Crippen LogP contribution in [0, 0.1) is 11.8 Å². The van der Waals surface area contributed by atoms with E-state index in [1.807, 2.05) is 0 Å². The molecule has 0 fully saturated rings. The lowest BCUT2D eigenvalue weighted by molar-refractivity contribution is 0.0697. The SMILES string of the molecule is [N-]=[N+]=NCC#Cc1cc(C(=O)O)ccc1O. The molecule has 2 N–H and O–H groups in total. The number of carbonyl (C=O) groups is 1. The van der Waals surface area contributed by atoms with Gasteiger partial charge in [0.1, 0.15) is 5.75 Å². The predicted octanol–water partition coefficient (Wildman–Crippen LogP) is 1.75. The Bertz CT molecular complexity index is 522. The lowest BCUT2D eigenvalue weighted by atomic mass is 10.1. The van der Waals surface area contributed by atoms with Gasteiger partial charge >= 0.3 is 5.97 Å². The summed E-state index contributed by atoms with van der Waals surface area (Å²) in [4.78, 5) is 13.1. The van der Waals surface area contributed by atoms with Crippen molar-refractivity contribution < 1.29 is 15.0 Å². The first-order chi connectivity index (χ1) is 7.65. The fourth-order valence-electron chi connectivity index (χ4n) is 0.971. The molecular formula is C10H7N3O3. The van der Waals surface area contributed by atoms with E-state index in [0.29, 0.717) is 0 Å². The van der Waals surface area contributed by atoms with Crippen molar-refractivity contribution in [3.8, 4) is 17.6 Å². The van der Waals surface area contributed by atoms with Crippen molar-refractivity contribution in [1.29, 1.82) is 0 Å². The van der Waals surface area contributed by atoms with Gasteiger partial charge in [0.05, 0.1) is 17.7 Å². The van der Waals surface area contributed by atoms with Gasteiger partial charge in [0, 0.05) is 4.91 Å². The minimum atomic E-state index is -1.10. The number of carboxylic acids is 1. The van der Waals surface area contributed by atoms with E-state index in [0.717, 1.165) is 0 Å². The van der Waals surface area contributed by atoms with Gasteiger partial charge in [-0.15, -0.1) is 0 Å². The Morgan fingerprint density at radius 3 is 2.94 bits per heavy atom. The number of hydrogen-bond donors (Lipinski definition) is 2. The van der Waals surface area contributed by atoms with Gasteiger partial charge in [-0.3, -0.25) is 0 Å². The lowest BCUT2D eigenvalue weighted by Crippen LogP contribution is -1.96. The first kappa shape index (κ1) is 11.4. The minimum Gasteiger partial charge on any atom is -0.507 e. The maximum absolute atomic E-state index is 10.6. The molecule has 0 spiro atoms. The van der Waals surface area contributed by atoms with Gasteiger partial charge in [0.25, 0.3) is 0 Å². The zero-order chi connectivity index (χ0) is 12.0. The van der Waals surface area contributed by atoms with Crippen molar-refractivity contribution in [2.45, 2.75) is 0 Å². The third kappa shape index (κ3) is 2.94. The summed E-state index contributed by atoms with van der Waals surface area (Å²) in [5.74, 6) is 3.79. The van der Waals surface area contributed by atoms with Gasteiger partial charge in [-0.2, -0.15) is 0 Å². The summed E-state index contributed by atoms with van der Waals surface area (Å²) >= 11 is 0. The molecule has 0 atom stereocenters. The Labute approximate surface area is 90.8 Å². The highest BCUT2D eigenvalue weighted by Crippen LogP contribution is 2.17. The number of phenolic OH excluding ortho intramolecular Hbond substituents is 1. The molecule has 1 aromatic carbocycles. The van der Waals surface area contributed by atoms with Gasteiger partial charge in [0.2, 0.25) is 0 Å². The second-order valence-electron chi connectivity index (χ2n) is 2.73. The smallest absolute Gasteiger partial charge is 0.335 e. The third-order valence-electron chi connectivity index (χ3n) is 1.68. The maximum Gasteiger partial charge on any atom is 0.335 e. The summed E-state index contributed by atoms with van der Waals surface area (Å²) in [6.07, 6.45) is 0. The summed E-state index contributed by atoms with van der Waals surface area (Å²) in [7, 11) is 0. The van der Waals surface area contributed by atoms with E-state index in [1.54, 1.807) is 0 Å². The number of rotatable bonds is 2. The monoisotopic (exact) mass is 217 g/mol. The van der Waals surface area contributed by atoms with Crippen LogP contribution in [-0.2, 0) is 0 Å². The first-order valence-corrected chi connectivity index (χ1v) is 4.21. The Morgan fingerprint density at radius 2 is 2.31 bits per heavy atom. The Morgan fingerprint density at radius 1 is 1.56 bits per heavy atom. The average Bonchev–Trinajstić information content (AvgIpc) is 2.26. The zero-order valence-corrected chi connectivity index (χ0v) is 8.08. The topological polar surface area (TPSA) is 106 Å². The number of carboxylic acid groups (broad SMARTS) is 1. The molecule has 0 saturated carbocycles. The lowest BCUT2D eigenvalue weighted by Gasteiger charge is -1.98. The highest BCUT2D eigenvalue weighted by Gasteiger charge is 2.05. The Hall–Kier alpha value is -2.64. The molecule has 16 heavy (non-hydrogen) atoms. The van der Waals surface area contributed by atoms with E-state index in [9.17, 15) is 9.90 Å². The van der Waals surface area contributed by atoms with Gasteiger partial charge in [0.15, 0.2) is 0 Å². The minimum absolute atomic E-state index is 0.0332. The molecule has 0 aliphatic rings. The molecule has 0 aliphatic heterocycles. The molecule has 0 aromatic heterocycles. The van der Waals surface area contributed by atoms with Gasteiger partial charge in [-0.05, 0) is 23.7 Å². The fraction of sp³-hybridized carbons (Fsp3) is 0.100. The van der Waals surface area contributed by atoms with Gasteiger partial charge in [-0.25, -0.2) is 4.79 Å². The summed E-state index contributed by atoms with van der Waals surface area (Å²) in [5.41, 5.74) is 8.22. The van der Waals surface area contributed by atoms with Crippen LogP contribution in [0.3, 0.4) is 0 Å². The Balaban J connectivity index is 3.01. The van der Waals surface area contributed by atoms with Crippen LogP contribution in [0.1, 0.15) is 15.9 Å². The second kappa shape index (κ2) is 5.29. The largest absolute Gasteiger partial charge is 0.507 e. The number of aromatic carboxylic acids is 1. The summed E-state index contributed by atoms with van der Waals surface area (Å²) in [6, 6.07) is 3.78. The van der Waals surface area contributed by atoms with Crippen LogP contribution < -0.4 is 0 Å². The zero-order valence-electron chi connectivity index (χ0n) is 8.08. The molecule has 0 unspecified atom stereocenters. The molecule has 0 radical (unpaired) electrons. The van der Waals surface area contributed by atoms with Crippen molar-refractivity contribution in [1.82, 2.24) is 0 Å². The average molecular weight is 217 g/mol. The third-order valence-corrected chi connectivity index (χ3v) is 1.68. The highest BCUT2D eigenvalue weighted by atomic mass is 16.4. The second-order valence-corrected chi connectivity index (χ2v) is 2.73. The van der Waals surface area contributed by atoms with Crippen molar-refractivity contribution in [2.24, 2.45) is 5.11 Å². The molecule has 0 heterocycles. The fourth-order valence-corrected chi connectivity index (χ4v) is 0.971. The Kier molecular flexibility index (Phi) is 3.78. The van der Waals surface area contributed by atoms with Crippen LogP contribution in [0.4, 0.5) is 0 Å². The van der Waals surface area contributed by atoms with Crippen molar-refractivity contribution in [2.75, 3.05) is 6.54 Å². The molecule has 0 amide bonds. The number of benzene rings is 1. The van der Waals surface area contributed by atoms with Gasteiger partial charge < -0.3 is 10.2 Å². The highest BCUT2D eigenvalue weighted by molar-refractivity contribution is 5.88. The molecular weight excluding hydrogens is 210 g/mol. The first-order valence-electron chi connectivity index (χ1n) is 4.21. The number of aromatic hydroxyl groups is 1.